The summed E-state index contributed by atoms with van der Waals surface area (Å²) in [5, 5.41) is 0. The van der Waals surface area contributed by atoms with Gasteiger partial charge in [-0.1, -0.05) is 0 Å². The van der Waals surface area contributed by atoms with Crippen LogP contribution in [0.1, 0.15) is 13.0 Å². The van der Waals surface area contributed by atoms with Crippen molar-refractivity contribution in [2.75, 3.05) is 7.11 Å². The average molecular weight is 266 g/mol. The number of imidazole rings is 1. The van der Waals surface area contributed by atoms with Gasteiger partial charge < -0.3 is 9.30 Å². The van der Waals surface area contributed by atoms with E-state index in [-0.39, 0.29) is 0 Å². The van der Waals surface area contributed by atoms with Crippen LogP contribution in [-0.2, 0) is 9.53 Å². The molecule has 0 spiro atoms. The number of nitrogens with zero attached hydrogens (tertiary/aromatic N) is 2. The summed E-state index contributed by atoms with van der Waals surface area (Å²) in [6, 6.07) is 2.86. The number of carbonyl (C=O) groups excluding carboxylic acids is 1. The molecule has 1 aromatic heterocycles. The fourth-order valence-electron chi connectivity index (χ4n) is 1.77. The third-order valence-corrected chi connectivity index (χ3v) is 2.81. The van der Waals surface area contributed by atoms with Gasteiger partial charge in [0.1, 0.15) is 11.9 Å². The Morgan fingerprint density at radius 2 is 2.11 bits per heavy atom. The summed E-state index contributed by atoms with van der Waals surface area (Å²) >= 11 is 0. The summed E-state index contributed by atoms with van der Waals surface area (Å²) in [5.41, 5.74) is 0.389. The molecule has 0 radical (unpaired) electrons. The summed E-state index contributed by atoms with van der Waals surface area (Å²) < 4.78 is 32.3. The smallest absolute Gasteiger partial charge is 0.328 e. The molecule has 1 atom stereocenters. The molecule has 0 saturated heterocycles. The Morgan fingerprint density at radius 1 is 1.37 bits per heavy atom. The molecule has 0 fully saturated rings. The molecular formula is C13H12F2N2O2. The Hall–Kier alpha value is -2.24. The van der Waals surface area contributed by atoms with Crippen LogP contribution in [0.15, 0.2) is 30.6 Å². The minimum Gasteiger partial charge on any atom is -0.467 e. The lowest BCUT2D eigenvalue weighted by Gasteiger charge is -2.14. The van der Waals surface area contributed by atoms with E-state index < -0.39 is 23.6 Å². The van der Waals surface area contributed by atoms with Crippen molar-refractivity contribution in [3.05, 3.63) is 42.2 Å². The molecule has 100 valence electrons. The van der Waals surface area contributed by atoms with E-state index in [9.17, 15) is 13.6 Å². The van der Waals surface area contributed by atoms with Gasteiger partial charge in [0.25, 0.3) is 0 Å². The van der Waals surface area contributed by atoms with Gasteiger partial charge in [-0.2, -0.15) is 0 Å². The minimum absolute atomic E-state index is 0.372. The lowest BCUT2D eigenvalue weighted by Crippen LogP contribution is -2.18. The Morgan fingerprint density at radius 3 is 2.74 bits per heavy atom. The van der Waals surface area contributed by atoms with Gasteiger partial charge in [-0.25, -0.2) is 18.6 Å². The topological polar surface area (TPSA) is 44.1 Å². The summed E-state index contributed by atoms with van der Waals surface area (Å²) in [4.78, 5) is 15.6. The number of hydrogen-bond acceptors (Lipinski definition) is 3. The Balaban J connectivity index is 2.44. The molecule has 0 N–H and O–H groups in total. The lowest BCUT2D eigenvalue weighted by molar-refractivity contribution is -0.143. The molecule has 1 unspecified atom stereocenters. The molecule has 0 amide bonds. The Labute approximate surface area is 108 Å². The number of ether oxygens (including phenoxy) is 1. The molecule has 4 nitrogen and oxygen atoms in total. The van der Waals surface area contributed by atoms with E-state index in [0.717, 1.165) is 12.1 Å². The number of halogens is 2. The van der Waals surface area contributed by atoms with Gasteiger partial charge in [0.05, 0.1) is 7.11 Å². The summed E-state index contributed by atoms with van der Waals surface area (Å²) in [6.07, 6.45) is 3.06. The van der Waals surface area contributed by atoms with E-state index in [4.69, 9.17) is 0 Å². The van der Waals surface area contributed by atoms with Crippen molar-refractivity contribution in [2.24, 2.45) is 0 Å². The van der Waals surface area contributed by atoms with E-state index in [1.165, 1.54) is 19.4 Å². The molecule has 2 aromatic rings. The second-order valence-corrected chi connectivity index (χ2v) is 3.99. The van der Waals surface area contributed by atoms with Gasteiger partial charge >= 0.3 is 5.97 Å². The maximum atomic E-state index is 13.2. The maximum absolute atomic E-state index is 13.2. The van der Waals surface area contributed by atoms with Gasteiger partial charge in [-0.3, -0.25) is 0 Å². The fourth-order valence-corrected chi connectivity index (χ4v) is 1.77. The number of esters is 1. The minimum atomic E-state index is -0.960. The highest BCUT2D eigenvalue weighted by molar-refractivity contribution is 5.74. The molecule has 2 rings (SSSR count). The van der Waals surface area contributed by atoms with Crippen LogP contribution >= 0.6 is 0 Å². The normalized spacial score (nSPS) is 12.2. The van der Waals surface area contributed by atoms with Gasteiger partial charge in [0.2, 0.25) is 0 Å². The third-order valence-electron chi connectivity index (χ3n) is 2.81. The second kappa shape index (κ2) is 5.17. The molecule has 1 heterocycles. The number of methoxy groups -OCH3 is 1. The summed E-state index contributed by atoms with van der Waals surface area (Å²) in [6.45, 7) is 1.64. The molecule has 0 bridgehead atoms. The van der Waals surface area contributed by atoms with Crippen molar-refractivity contribution in [1.29, 1.82) is 0 Å². The molecule has 19 heavy (non-hydrogen) atoms. The van der Waals surface area contributed by atoms with Crippen molar-refractivity contribution >= 4 is 5.97 Å². The van der Waals surface area contributed by atoms with Crippen molar-refractivity contribution in [2.45, 2.75) is 13.0 Å². The van der Waals surface area contributed by atoms with Crippen LogP contribution in [0.25, 0.3) is 11.4 Å². The zero-order chi connectivity index (χ0) is 14.0. The quantitative estimate of drug-likeness (QED) is 0.802. The first-order valence-corrected chi connectivity index (χ1v) is 5.60. The van der Waals surface area contributed by atoms with Crippen LogP contribution in [0.5, 0.6) is 0 Å². The van der Waals surface area contributed by atoms with Crippen LogP contribution in [0.2, 0.25) is 0 Å². The lowest BCUT2D eigenvalue weighted by atomic mass is 10.2. The van der Waals surface area contributed by atoms with Gasteiger partial charge in [0, 0.05) is 18.0 Å². The zero-order valence-corrected chi connectivity index (χ0v) is 10.4. The molecule has 6 heteroatoms. The number of aromatic nitrogens is 2. The van der Waals surface area contributed by atoms with Crippen LogP contribution in [-0.4, -0.2) is 22.6 Å². The highest BCUT2D eigenvalue weighted by Gasteiger charge is 2.19. The van der Waals surface area contributed by atoms with Crippen molar-refractivity contribution < 1.29 is 18.3 Å². The first-order valence-electron chi connectivity index (χ1n) is 5.60. The molecule has 0 saturated carbocycles. The average Bonchev–Trinajstić information content (AvgIpc) is 2.89. The van der Waals surface area contributed by atoms with E-state index in [1.54, 1.807) is 17.7 Å². The molecular weight excluding hydrogens is 254 g/mol. The summed E-state index contributed by atoms with van der Waals surface area (Å²) in [7, 11) is 1.28. The van der Waals surface area contributed by atoms with E-state index >= 15 is 0 Å². The Bertz CT molecular complexity index is 610. The Kier molecular flexibility index (Phi) is 3.59. The van der Waals surface area contributed by atoms with Crippen LogP contribution in [0.3, 0.4) is 0 Å². The van der Waals surface area contributed by atoms with E-state index in [0.29, 0.717) is 11.4 Å². The number of rotatable bonds is 3. The number of hydrogen-bond donors (Lipinski definition) is 0. The molecule has 0 aliphatic rings. The largest absolute Gasteiger partial charge is 0.467 e. The van der Waals surface area contributed by atoms with Gasteiger partial charge in [-0.05, 0) is 25.1 Å². The predicted octanol–water partition coefficient (Wildman–Crippen LogP) is 2.56. The first-order chi connectivity index (χ1) is 9.04. The fraction of sp³-hybridized carbons (Fsp3) is 0.231. The van der Waals surface area contributed by atoms with Crippen molar-refractivity contribution in [3.63, 3.8) is 0 Å². The highest BCUT2D eigenvalue weighted by atomic mass is 19.2. The van der Waals surface area contributed by atoms with Crippen molar-refractivity contribution in [1.82, 2.24) is 9.55 Å². The predicted molar refractivity (Wildman–Crippen MR) is 64.3 cm³/mol. The third kappa shape index (κ3) is 2.47. The standard InChI is InChI=1S/C13H12F2N2O2/c1-8(13(18)19-2)17-6-5-16-12(17)9-3-4-10(14)11(15)7-9/h3-8H,1-2H3. The van der Waals surface area contributed by atoms with E-state index in [1.807, 2.05) is 0 Å². The molecule has 0 aliphatic carbocycles. The van der Waals surface area contributed by atoms with E-state index in [2.05, 4.69) is 9.72 Å². The summed E-state index contributed by atoms with van der Waals surface area (Å²) in [5.74, 6) is -1.96. The molecule has 0 aliphatic heterocycles. The van der Waals surface area contributed by atoms with Crippen LogP contribution in [0, 0.1) is 11.6 Å². The van der Waals surface area contributed by atoms with Gasteiger partial charge in [-0.15, -0.1) is 0 Å². The second-order valence-electron chi connectivity index (χ2n) is 3.99. The zero-order valence-electron chi connectivity index (χ0n) is 10.4. The van der Waals surface area contributed by atoms with Crippen LogP contribution < -0.4 is 0 Å². The maximum Gasteiger partial charge on any atom is 0.328 e. The number of carbonyl (C=O) groups is 1. The van der Waals surface area contributed by atoms with Crippen LogP contribution in [0.4, 0.5) is 8.78 Å². The van der Waals surface area contributed by atoms with Gasteiger partial charge in [0.15, 0.2) is 11.6 Å². The highest BCUT2D eigenvalue weighted by Crippen LogP contribution is 2.23. The first kappa shape index (κ1) is 13.2. The number of benzene rings is 1. The SMILES string of the molecule is COC(=O)C(C)n1ccnc1-c1ccc(F)c(F)c1. The monoisotopic (exact) mass is 266 g/mol. The molecule has 1 aromatic carbocycles. The van der Waals surface area contributed by atoms with Crippen molar-refractivity contribution in [3.8, 4) is 11.4 Å².